The van der Waals surface area contributed by atoms with Crippen LogP contribution in [0.15, 0.2) is 126 Å². The molecule has 8 rings (SSSR count). The summed E-state index contributed by atoms with van der Waals surface area (Å²) in [5, 5.41) is 11.8. The van der Waals surface area contributed by atoms with Gasteiger partial charge in [-0.25, -0.2) is 9.46 Å². The van der Waals surface area contributed by atoms with E-state index in [1.165, 1.54) is 23.8 Å². The Balaban J connectivity index is 1.21. The molecule has 3 saturated heterocycles. The van der Waals surface area contributed by atoms with Crippen LogP contribution in [0, 0.1) is 11.3 Å². The Hall–Kier alpha value is -5.53. The van der Waals surface area contributed by atoms with Crippen LogP contribution in [-0.4, -0.2) is 85.3 Å². The summed E-state index contributed by atoms with van der Waals surface area (Å²) in [5.41, 5.74) is 1.63. The first-order valence-corrected chi connectivity index (χ1v) is 22.0. The Morgan fingerprint density at radius 1 is 0.905 bits per heavy atom. The van der Waals surface area contributed by atoms with E-state index in [1.54, 1.807) is 14.2 Å². The van der Waals surface area contributed by atoms with Gasteiger partial charge in [-0.1, -0.05) is 84.9 Å². The van der Waals surface area contributed by atoms with Crippen LogP contribution in [0.2, 0.25) is 0 Å². The summed E-state index contributed by atoms with van der Waals surface area (Å²) in [4.78, 5) is 29.8. The minimum absolute atomic E-state index is 0.0653. The Morgan fingerprint density at radius 2 is 1.56 bits per heavy atom. The van der Waals surface area contributed by atoms with Gasteiger partial charge in [-0.2, -0.15) is 10.2 Å². The van der Waals surface area contributed by atoms with E-state index in [4.69, 9.17) is 37.5 Å². The van der Waals surface area contributed by atoms with Crippen molar-refractivity contribution in [3.8, 4) is 17.6 Å². The zero-order valence-corrected chi connectivity index (χ0v) is 36.2. The van der Waals surface area contributed by atoms with Crippen LogP contribution in [0.1, 0.15) is 60.8 Å². The first-order valence-electron chi connectivity index (χ1n) is 20.8. The van der Waals surface area contributed by atoms with E-state index in [0.29, 0.717) is 11.5 Å². The zero-order valence-electron chi connectivity index (χ0n) is 35.3. The molecule has 4 heterocycles. The van der Waals surface area contributed by atoms with Gasteiger partial charge in [-0.05, 0) is 65.4 Å². The lowest BCUT2D eigenvalue weighted by Crippen LogP contribution is -2.42. The van der Waals surface area contributed by atoms with Crippen molar-refractivity contribution in [1.29, 1.82) is 5.26 Å². The maximum atomic E-state index is 13.8. The van der Waals surface area contributed by atoms with Crippen molar-refractivity contribution in [2.75, 3.05) is 46.1 Å². The van der Waals surface area contributed by atoms with Crippen LogP contribution < -0.4 is 20.5 Å². The van der Waals surface area contributed by atoms with Crippen molar-refractivity contribution in [1.82, 2.24) is 14.2 Å². The minimum Gasteiger partial charge on any atom is -0.497 e. The molecule has 3 aliphatic heterocycles. The topological polar surface area (TPSA) is 165 Å². The molecule has 0 spiro atoms. The van der Waals surface area contributed by atoms with Crippen LogP contribution in [0.25, 0.3) is 0 Å². The summed E-state index contributed by atoms with van der Waals surface area (Å²) in [7, 11) is 1.57. The van der Waals surface area contributed by atoms with Gasteiger partial charge in [0, 0.05) is 25.7 Å². The van der Waals surface area contributed by atoms with Crippen molar-refractivity contribution in [2.45, 2.75) is 68.5 Å². The fraction of sp³-hybridized carbons (Fsp3) is 0.362. The molecule has 3 aliphatic rings. The SMILES string of the molecule is COc1ccc(C(OC[C@H]2O[C@@H](n3ccc(NC(C)=O)nc3=O)[C@H](OCOCCC#N)[C@@H]2O[P@]2O[C@@H](c3ccccc3)[C@H]3CCCN32)(c2ccccc2)c2ccc(OC)cc2)cc1. The van der Waals surface area contributed by atoms with Gasteiger partial charge >= 0.3 is 5.69 Å². The molecular formula is C47H50N5O10P. The third-order valence-corrected chi connectivity index (χ3v) is 13.2. The first-order chi connectivity index (χ1) is 30.8. The highest BCUT2D eigenvalue weighted by Crippen LogP contribution is 2.62. The van der Waals surface area contributed by atoms with Gasteiger partial charge in [-0.15, -0.1) is 0 Å². The van der Waals surface area contributed by atoms with Crippen molar-refractivity contribution >= 4 is 20.3 Å². The molecule has 5 aromatic rings. The predicted octanol–water partition coefficient (Wildman–Crippen LogP) is 7.25. The number of hydrogen-bond acceptors (Lipinski definition) is 13. The molecule has 328 valence electrons. The average molecular weight is 876 g/mol. The number of fused-ring (bicyclic) bond motifs is 1. The van der Waals surface area contributed by atoms with E-state index in [-0.39, 0.29) is 50.3 Å². The molecule has 0 radical (unpaired) electrons. The Morgan fingerprint density at radius 3 is 2.17 bits per heavy atom. The number of hydrogen-bond donors (Lipinski definition) is 1. The normalized spacial score (nSPS) is 23.2. The minimum atomic E-state index is -1.67. The van der Waals surface area contributed by atoms with Crippen LogP contribution in [0.3, 0.4) is 0 Å². The van der Waals surface area contributed by atoms with Gasteiger partial charge < -0.3 is 42.8 Å². The Labute approximate surface area is 367 Å². The number of methoxy groups -OCH3 is 2. The monoisotopic (exact) mass is 875 g/mol. The molecule has 0 aliphatic carbocycles. The van der Waals surface area contributed by atoms with E-state index in [0.717, 1.165) is 41.6 Å². The maximum Gasteiger partial charge on any atom is 0.351 e. The molecule has 0 unspecified atom stereocenters. The molecule has 15 nitrogen and oxygen atoms in total. The molecule has 1 N–H and O–H groups in total. The van der Waals surface area contributed by atoms with Gasteiger partial charge in [-0.3, -0.25) is 9.36 Å². The summed E-state index contributed by atoms with van der Waals surface area (Å²) in [6.07, 6.45) is -0.466. The summed E-state index contributed by atoms with van der Waals surface area (Å²) in [6, 6.07) is 39.2. The van der Waals surface area contributed by atoms with Crippen molar-refractivity contribution in [3.05, 3.63) is 154 Å². The van der Waals surface area contributed by atoms with Gasteiger partial charge in [0.2, 0.25) is 5.91 Å². The summed E-state index contributed by atoms with van der Waals surface area (Å²) in [6.45, 7) is 1.96. The fourth-order valence-electron chi connectivity index (χ4n) is 8.44. The number of benzene rings is 4. The number of ether oxygens (including phenoxy) is 6. The maximum absolute atomic E-state index is 13.8. The highest BCUT2D eigenvalue weighted by molar-refractivity contribution is 7.45. The summed E-state index contributed by atoms with van der Waals surface area (Å²) < 4.78 is 55.2. The fourth-order valence-corrected chi connectivity index (χ4v) is 10.4. The van der Waals surface area contributed by atoms with Crippen molar-refractivity contribution in [2.24, 2.45) is 0 Å². The zero-order chi connectivity index (χ0) is 43.8. The number of aromatic nitrogens is 2. The highest BCUT2D eigenvalue weighted by atomic mass is 31.2. The molecule has 7 atom stereocenters. The number of carbonyl (C=O) groups is 1. The Bertz CT molecular complexity index is 2340. The van der Waals surface area contributed by atoms with E-state index in [2.05, 4.69) is 33.2 Å². The number of carbonyl (C=O) groups excluding carboxylic acids is 1. The number of nitriles is 1. The lowest BCUT2D eigenvalue weighted by Gasteiger charge is -2.37. The largest absolute Gasteiger partial charge is 0.497 e. The van der Waals surface area contributed by atoms with E-state index < -0.39 is 44.4 Å². The van der Waals surface area contributed by atoms with E-state index >= 15 is 0 Å². The van der Waals surface area contributed by atoms with Crippen molar-refractivity contribution in [3.63, 3.8) is 0 Å². The molecule has 63 heavy (non-hydrogen) atoms. The van der Waals surface area contributed by atoms with Crippen LogP contribution in [0.4, 0.5) is 5.82 Å². The molecular weight excluding hydrogens is 826 g/mol. The van der Waals surface area contributed by atoms with Gasteiger partial charge in [0.15, 0.2) is 6.23 Å². The smallest absolute Gasteiger partial charge is 0.351 e. The quantitative estimate of drug-likeness (QED) is 0.0406. The lowest BCUT2D eigenvalue weighted by molar-refractivity contribution is -0.137. The van der Waals surface area contributed by atoms with Gasteiger partial charge in [0.1, 0.15) is 54.1 Å². The molecule has 1 amide bonds. The number of nitrogens with one attached hydrogen (secondary N) is 1. The molecule has 1 aromatic heterocycles. The second-order valence-electron chi connectivity index (χ2n) is 15.2. The van der Waals surface area contributed by atoms with E-state index in [1.807, 2.05) is 97.1 Å². The number of amides is 1. The van der Waals surface area contributed by atoms with Crippen molar-refractivity contribution < 1.29 is 42.3 Å². The number of anilines is 1. The molecule has 0 saturated carbocycles. The third kappa shape index (κ3) is 9.55. The molecule has 0 bridgehead atoms. The predicted molar refractivity (Wildman–Crippen MR) is 233 cm³/mol. The van der Waals surface area contributed by atoms with Gasteiger partial charge in [0.25, 0.3) is 8.53 Å². The van der Waals surface area contributed by atoms with Gasteiger partial charge in [0.05, 0.1) is 39.9 Å². The average Bonchev–Trinajstić information content (AvgIpc) is 4.03. The third-order valence-electron chi connectivity index (χ3n) is 11.4. The van der Waals surface area contributed by atoms with Crippen LogP contribution >= 0.6 is 8.53 Å². The number of nitrogens with zero attached hydrogens (tertiary/aromatic N) is 4. The Kier molecular flexibility index (Phi) is 14.2. The summed E-state index contributed by atoms with van der Waals surface area (Å²) >= 11 is 0. The standard InChI is InChI=1S/C47H50N5O10P/c1-32(53)49-41-25-28-51(46(54)50-41)45-44(58-31-57-29-11-26-48)43(62-63-52-27-10-16-39(52)42(61-63)33-12-6-4-7-13-33)40(60-45)30-59-47(34-14-8-5-9-15-34,35-17-21-37(55-2)22-18-35)36-19-23-38(56-3)24-20-36/h4-9,12-15,17-25,28,39-40,42-45H,10-11,16,27,29-31H2,1-3H3,(H,49,50,53,54)/t39-,40-,42+,43-,44-,45-,63+/m1/s1. The highest BCUT2D eigenvalue weighted by Gasteiger charge is 2.54. The van der Waals surface area contributed by atoms with Crippen LogP contribution in [0.5, 0.6) is 11.5 Å². The molecule has 4 aromatic carbocycles. The van der Waals surface area contributed by atoms with Crippen LogP contribution in [-0.2, 0) is 38.4 Å². The summed E-state index contributed by atoms with van der Waals surface area (Å²) in [5.74, 6) is 1.08. The second-order valence-corrected chi connectivity index (χ2v) is 16.7. The lowest BCUT2D eigenvalue weighted by atomic mass is 9.80. The molecule has 16 heteroatoms. The second kappa shape index (κ2) is 20.3. The molecule has 3 fully saturated rings. The first kappa shape index (κ1) is 44.1. The van der Waals surface area contributed by atoms with E-state index in [9.17, 15) is 14.9 Å². The number of rotatable bonds is 18.